The van der Waals surface area contributed by atoms with Gasteiger partial charge in [0, 0.05) is 13.6 Å². The Morgan fingerprint density at radius 2 is 1.53 bits per heavy atom. The number of rotatable bonds is 10. The van der Waals surface area contributed by atoms with E-state index in [4.69, 9.17) is 0 Å². The van der Waals surface area contributed by atoms with Crippen LogP contribution >= 0.6 is 0 Å². The molecule has 0 fully saturated rings. The molecule has 186 valence electrons. The maximum Gasteiger partial charge on any atom is 0.261 e. The third kappa shape index (κ3) is 6.11. The molecule has 0 aliphatic heterocycles. The number of benzene rings is 4. The van der Waals surface area contributed by atoms with Gasteiger partial charge in [-0.1, -0.05) is 78.9 Å². The van der Waals surface area contributed by atoms with Crippen molar-refractivity contribution in [2.45, 2.75) is 23.8 Å². The lowest BCUT2D eigenvalue weighted by Gasteiger charge is -2.24. The number of anilines is 1. The average molecular weight is 502 g/mol. The van der Waals surface area contributed by atoms with Crippen LogP contribution in [0.3, 0.4) is 0 Å². The first kappa shape index (κ1) is 25.4. The largest absolute Gasteiger partial charge is 0.344 e. The Hall–Kier alpha value is -3.68. The minimum absolute atomic E-state index is 0.00648. The van der Waals surface area contributed by atoms with Gasteiger partial charge in [-0.3, -0.25) is 9.52 Å². The summed E-state index contributed by atoms with van der Waals surface area (Å²) in [5.41, 5.74) is 2.44. The van der Waals surface area contributed by atoms with Gasteiger partial charge in [0.15, 0.2) is 0 Å². The van der Waals surface area contributed by atoms with E-state index in [0.29, 0.717) is 25.1 Å². The number of amides is 1. The van der Waals surface area contributed by atoms with Crippen LogP contribution < -0.4 is 10.0 Å². The van der Waals surface area contributed by atoms with Crippen LogP contribution in [0.25, 0.3) is 10.8 Å². The SMILES string of the molecule is CN[C@H](Cc1ccc2ccccc2c1)C(=O)N(C)CCc1ccccc1NS(=O)(=O)c1ccccc1. The second-order valence-corrected chi connectivity index (χ2v) is 10.5. The van der Waals surface area contributed by atoms with Crippen molar-refractivity contribution in [2.24, 2.45) is 0 Å². The molecule has 4 aromatic rings. The van der Waals surface area contributed by atoms with Crippen molar-refractivity contribution in [3.63, 3.8) is 0 Å². The Balaban J connectivity index is 1.41. The number of likely N-dealkylation sites (N-methyl/N-ethyl adjacent to an activating group) is 2. The molecule has 0 unspecified atom stereocenters. The van der Waals surface area contributed by atoms with Crippen molar-refractivity contribution >= 4 is 32.4 Å². The van der Waals surface area contributed by atoms with Crippen molar-refractivity contribution < 1.29 is 13.2 Å². The molecule has 0 heterocycles. The van der Waals surface area contributed by atoms with Gasteiger partial charge in [-0.25, -0.2) is 8.42 Å². The summed E-state index contributed by atoms with van der Waals surface area (Å²) >= 11 is 0. The highest BCUT2D eigenvalue weighted by molar-refractivity contribution is 7.92. The molecule has 4 aromatic carbocycles. The molecule has 0 aliphatic carbocycles. The Kier molecular flexibility index (Phi) is 8.03. The van der Waals surface area contributed by atoms with Crippen molar-refractivity contribution in [2.75, 3.05) is 25.4 Å². The van der Waals surface area contributed by atoms with Gasteiger partial charge >= 0.3 is 0 Å². The summed E-state index contributed by atoms with van der Waals surface area (Å²) in [4.78, 5) is 15.1. The van der Waals surface area contributed by atoms with E-state index in [1.165, 1.54) is 5.39 Å². The number of hydrogen-bond donors (Lipinski definition) is 2. The van der Waals surface area contributed by atoms with Gasteiger partial charge in [0.1, 0.15) is 0 Å². The number of nitrogens with zero attached hydrogens (tertiary/aromatic N) is 1. The monoisotopic (exact) mass is 501 g/mol. The smallest absolute Gasteiger partial charge is 0.261 e. The number of para-hydroxylation sites is 1. The number of sulfonamides is 1. The number of fused-ring (bicyclic) bond motifs is 1. The van der Waals surface area contributed by atoms with Crippen molar-refractivity contribution in [1.29, 1.82) is 0 Å². The van der Waals surface area contributed by atoms with Crippen LogP contribution in [0.1, 0.15) is 11.1 Å². The molecule has 2 N–H and O–H groups in total. The summed E-state index contributed by atoms with van der Waals surface area (Å²) in [5.74, 6) is -0.00648. The van der Waals surface area contributed by atoms with Crippen LogP contribution in [0, 0.1) is 0 Å². The Labute approximate surface area is 213 Å². The molecule has 6 nitrogen and oxygen atoms in total. The maximum absolute atomic E-state index is 13.2. The molecule has 0 saturated carbocycles. The molecule has 1 atom stereocenters. The molecule has 0 spiro atoms. The van der Waals surface area contributed by atoms with Gasteiger partial charge in [-0.05, 0) is 60.0 Å². The van der Waals surface area contributed by atoms with Crippen LogP contribution in [0.5, 0.6) is 0 Å². The molecule has 36 heavy (non-hydrogen) atoms. The summed E-state index contributed by atoms with van der Waals surface area (Å²) in [6, 6.07) is 29.7. The van der Waals surface area contributed by atoms with Gasteiger partial charge in [0.05, 0.1) is 16.6 Å². The van der Waals surface area contributed by atoms with Gasteiger partial charge in [-0.2, -0.15) is 0 Å². The van der Waals surface area contributed by atoms with Crippen molar-refractivity contribution in [3.8, 4) is 0 Å². The molecule has 0 aliphatic rings. The second kappa shape index (κ2) is 11.4. The molecule has 0 bridgehead atoms. The van der Waals surface area contributed by atoms with Gasteiger partial charge in [-0.15, -0.1) is 0 Å². The Morgan fingerprint density at radius 3 is 2.28 bits per heavy atom. The Bertz CT molecular complexity index is 1440. The highest BCUT2D eigenvalue weighted by atomic mass is 32.2. The zero-order chi connectivity index (χ0) is 25.5. The van der Waals surface area contributed by atoms with Crippen LogP contribution in [0.4, 0.5) is 5.69 Å². The topological polar surface area (TPSA) is 78.5 Å². The summed E-state index contributed by atoms with van der Waals surface area (Å²) in [6.07, 6.45) is 1.10. The predicted octanol–water partition coefficient (Wildman–Crippen LogP) is 4.47. The van der Waals surface area contributed by atoms with E-state index < -0.39 is 10.0 Å². The first-order valence-electron chi connectivity index (χ1n) is 11.9. The van der Waals surface area contributed by atoms with Crippen molar-refractivity contribution in [3.05, 3.63) is 108 Å². The molecule has 1 amide bonds. The summed E-state index contributed by atoms with van der Waals surface area (Å²) in [5, 5.41) is 5.48. The summed E-state index contributed by atoms with van der Waals surface area (Å²) in [6.45, 7) is 0.457. The van der Waals surface area contributed by atoms with E-state index in [1.54, 1.807) is 61.5 Å². The highest BCUT2D eigenvalue weighted by Gasteiger charge is 2.22. The van der Waals surface area contributed by atoms with Crippen molar-refractivity contribution in [1.82, 2.24) is 10.2 Å². The van der Waals surface area contributed by atoms with Gasteiger partial charge in [0.2, 0.25) is 5.91 Å². The van der Waals surface area contributed by atoms with E-state index in [2.05, 4.69) is 40.4 Å². The van der Waals surface area contributed by atoms with E-state index in [9.17, 15) is 13.2 Å². The molecular weight excluding hydrogens is 470 g/mol. The molecular formula is C29H31N3O3S. The molecule has 4 rings (SSSR count). The lowest BCUT2D eigenvalue weighted by Crippen LogP contribution is -2.45. The highest BCUT2D eigenvalue weighted by Crippen LogP contribution is 2.21. The van der Waals surface area contributed by atoms with Gasteiger partial charge < -0.3 is 10.2 Å². The normalized spacial score (nSPS) is 12.3. The second-order valence-electron chi connectivity index (χ2n) is 8.81. The minimum Gasteiger partial charge on any atom is -0.344 e. The zero-order valence-corrected chi connectivity index (χ0v) is 21.3. The molecule has 0 radical (unpaired) electrons. The van der Waals surface area contributed by atoms with E-state index in [-0.39, 0.29) is 16.8 Å². The van der Waals surface area contributed by atoms with E-state index in [1.807, 2.05) is 24.3 Å². The molecule has 0 saturated heterocycles. The lowest BCUT2D eigenvalue weighted by molar-refractivity contribution is -0.131. The van der Waals surface area contributed by atoms with E-state index >= 15 is 0 Å². The number of nitrogens with one attached hydrogen (secondary N) is 2. The number of carbonyl (C=O) groups excluding carboxylic acids is 1. The fraction of sp³-hybridized carbons (Fsp3) is 0.207. The van der Waals surface area contributed by atoms with Crippen LogP contribution in [0.15, 0.2) is 102 Å². The Morgan fingerprint density at radius 1 is 0.861 bits per heavy atom. The lowest BCUT2D eigenvalue weighted by atomic mass is 10.0. The van der Waals surface area contributed by atoms with E-state index in [0.717, 1.165) is 16.5 Å². The number of carbonyl (C=O) groups is 1. The fourth-order valence-electron chi connectivity index (χ4n) is 4.22. The predicted molar refractivity (Wildman–Crippen MR) is 146 cm³/mol. The average Bonchev–Trinajstić information content (AvgIpc) is 2.91. The van der Waals surface area contributed by atoms with Gasteiger partial charge in [0.25, 0.3) is 10.0 Å². The van der Waals surface area contributed by atoms with Crippen LogP contribution in [-0.2, 0) is 27.7 Å². The third-order valence-electron chi connectivity index (χ3n) is 6.31. The summed E-state index contributed by atoms with van der Waals surface area (Å²) < 4.78 is 28.3. The zero-order valence-electron chi connectivity index (χ0n) is 20.5. The van der Waals surface area contributed by atoms with Crippen LogP contribution in [0.2, 0.25) is 0 Å². The number of hydrogen-bond acceptors (Lipinski definition) is 4. The maximum atomic E-state index is 13.2. The quantitative estimate of drug-likeness (QED) is 0.336. The standard InChI is InChI=1S/C29H31N3O3S/c1-30-28(21-22-16-17-23-10-6-7-12-25(23)20-22)29(33)32(2)19-18-24-11-8-9-15-27(24)31-36(34,35)26-13-4-3-5-14-26/h3-17,20,28,30-31H,18-19,21H2,1-2H3/t28-/m1/s1. The first-order chi connectivity index (χ1) is 17.4. The minimum atomic E-state index is -3.70. The van der Waals surface area contributed by atoms with Crippen LogP contribution in [-0.4, -0.2) is 45.9 Å². The first-order valence-corrected chi connectivity index (χ1v) is 13.4. The molecule has 7 heteroatoms. The molecule has 0 aromatic heterocycles. The summed E-state index contributed by atoms with van der Waals surface area (Å²) in [7, 11) is -0.121. The fourth-order valence-corrected chi connectivity index (χ4v) is 5.34. The third-order valence-corrected chi connectivity index (χ3v) is 7.69.